The number of carbonyl (C=O) groups is 1. The van der Waals surface area contributed by atoms with Gasteiger partial charge in [0.2, 0.25) is 12.3 Å². The quantitative estimate of drug-likeness (QED) is 0.438. The summed E-state index contributed by atoms with van der Waals surface area (Å²) in [5, 5.41) is 6.77. The fraction of sp³-hybridized carbons (Fsp3) is 0.318. The predicted molar refractivity (Wildman–Crippen MR) is 115 cm³/mol. The molecule has 10 heteroatoms. The minimum Gasteiger partial charge on any atom is -0.415 e. The topological polar surface area (TPSA) is 65.7 Å². The van der Waals surface area contributed by atoms with Gasteiger partial charge in [-0.1, -0.05) is 18.2 Å². The third-order valence-electron chi connectivity index (χ3n) is 4.88. The summed E-state index contributed by atoms with van der Waals surface area (Å²) in [5.74, 6) is -1.65. The van der Waals surface area contributed by atoms with Gasteiger partial charge in [-0.15, -0.1) is 10.2 Å². The lowest BCUT2D eigenvalue weighted by atomic mass is 10.1. The van der Waals surface area contributed by atoms with Gasteiger partial charge in [0.1, 0.15) is 5.82 Å². The van der Waals surface area contributed by atoms with Gasteiger partial charge in [0.05, 0.1) is 17.9 Å². The molecule has 0 aliphatic rings. The van der Waals surface area contributed by atoms with E-state index in [-0.39, 0.29) is 23.6 Å². The van der Waals surface area contributed by atoms with Crippen LogP contribution in [0.5, 0.6) is 0 Å². The Kier molecular flexibility index (Phi) is 7.47. The van der Waals surface area contributed by atoms with Crippen molar-refractivity contribution in [2.45, 2.75) is 13.0 Å². The Balaban J connectivity index is 1.82. The molecule has 3 rings (SSSR count). The molecule has 0 unspecified atom stereocenters. The number of amides is 1. The first kappa shape index (κ1) is 23.3. The number of aromatic nitrogens is 2. The summed E-state index contributed by atoms with van der Waals surface area (Å²) in [6.07, 6.45) is -2.25. The number of nitrogens with zero attached hydrogens (tertiary/aromatic N) is 5. The van der Waals surface area contributed by atoms with Crippen molar-refractivity contribution >= 4 is 17.8 Å². The number of hydrogen-bond acceptors (Lipinski definition) is 6. The maximum atomic E-state index is 14.8. The summed E-state index contributed by atoms with van der Waals surface area (Å²) >= 11 is 0. The molecule has 0 spiro atoms. The smallest absolute Gasteiger partial charge is 0.314 e. The van der Waals surface area contributed by atoms with Gasteiger partial charge in [0, 0.05) is 31.3 Å². The van der Waals surface area contributed by atoms with Crippen LogP contribution in [0.4, 0.5) is 24.5 Å². The van der Waals surface area contributed by atoms with Crippen LogP contribution in [0.2, 0.25) is 0 Å². The van der Waals surface area contributed by atoms with Crippen molar-refractivity contribution in [1.82, 2.24) is 15.1 Å². The number of benzene rings is 2. The van der Waals surface area contributed by atoms with Crippen molar-refractivity contribution in [2.75, 3.05) is 44.0 Å². The Morgan fingerprint density at radius 2 is 1.75 bits per heavy atom. The zero-order valence-corrected chi connectivity index (χ0v) is 18.0. The van der Waals surface area contributed by atoms with Gasteiger partial charge in [-0.2, -0.15) is 8.78 Å². The lowest BCUT2D eigenvalue weighted by molar-refractivity contribution is -0.107. The number of hydrogen-bond donors (Lipinski definition) is 0. The molecule has 1 aromatic heterocycles. The van der Waals surface area contributed by atoms with E-state index in [0.717, 1.165) is 24.8 Å². The monoisotopic (exact) mass is 447 g/mol. The number of anilines is 2. The molecular formula is C22H24F3N5O2. The molecule has 170 valence electrons. The summed E-state index contributed by atoms with van der Waals surface area (Å²) in [6.45, 7) is 1.55. The standard InChI is InChI=1S/C22H24F3N5O2/c1-28(2)10-11-29(3)18-6-4-5-7-19(18)30(14-31)13-16-9-8-15(12-17(16)23)21-26-27-22(32-21)20(24)25/h4-9,12,14,20H,10-11,13H2,1-3H3. The largest absolute Gasteiger partial charge is 0.415 e. The van der Waals surface area contributed by atoms with E-state index < -0.39 is 18.1 Å². The van der Waals surface area contributed by atoms with Crippen molar-refractivity contribution in [1.29, 1.82) is 0 Å². The van der Waals surface area contributed by atoms with E-state index in [4.69, 9.17) is 4.42 Å². The van der Waals surface area contributed by atoms with Crippen molar-refractivity contribution in [3.05, 3.63) is 59.7 Å². The van der Waals surface area contributed by atoms with E-state index in [1.165, 1.54) is 17.0 Å². The molecule has 7 nitrogen and oxygen atoms in total. The Hall–Kier alpha value is -3.40. The second-order valence-corrected chi connectivity index (χ2v) is 7.50. The van der Waals surface area contributed by atoms with Gasteiger partial charge >= 0.3 is 6.43 Å². The maximum Gasteiger partial charge on any atom is 0.314 e. The number of halogens is 3. The normalized spacial score (nSPS) is 11.2. The highest BCUT2D eigenvalue weighted by molar-refractivity contribution is 5.84. The van der Waals surface area contributed by atoms with Crippen molar-refractivity contribution in [2.24, 2.45) is 0 Å². The molecule has 0 bridgehead atoms. The van der Waals surface area contributed by atoms with E-state index >= 15 is 0 Å². The van der Waals surface area contributed by atoms with E-state index in [9.17, 15) is 18.0 Å². The first-order valence-corrected chi connectivity index (χ1v) is 9.87. The average molecular weight is 447 g/mol. The van der Waals surface area contributed by atoms with Gasteiger partial charge in [-0.25, -0.2) is 4.39 Å². The molecule has 0 radical (unpaired) electrons. The van der Waals surface area contributed by atoms with Crippen LogP contribution in [0.1, 0.15) is 17.9 Å². The summed E-state index contributed by atoms with van der Waals surface area (Å²) in [5.41, 5.74) is 1.90. The number of likely N-dealkylation sites (N-methyl/N-ethyl adjacent to an activating group) is 2. The summed E-state index contributed by atoms with van der Waals surface area (Å²) in [6, 6.07) is 11.5. The molecule has 3 aromatic rings. The lowest BCUT2D eigenvalue weighted by Crippen LogP contribution is -2.30. The van der Waals surface area contributed by atoms with E-state index in [2.05, 4.69) is 15.1 Å². The fourth-order valence-electron chi connectivity index (χ4n) is 3.11. The molecule has 2 aromatic carbocycles. The Bertz CT molecular complexity index is 1060. The lowest BCUT2D eigenvalue weighted by Gasteiger charge is -2.28. The highest BCUT2D eigenvalue weighted by Crippen LogP contribution is 2.30. The molecule has 0 aliphatic heterocycles. The third-order valence-corrected chi connectivity index (χ3v) is 4.88. The Morgan fingerprint density at radius 1 is 1.03 bits per heavy atom. The van der Waals surface area contributed by atoms with Crippen molar-refractivity contribution < 1.29 is 22.4 Å². The Labute approximate surface area is 184 Å². The molecule has 1 amide bonds. The summed E-state index contributed by atoms with van der Waals surface area (Å²) in [7, 11) is 5.89. The summed E-state index contributed by atoms with van der Waals surface area (Å²) in [4.78, 5) is 17.4. The van der Waals surface area contributed by atoms with Crippen LogP contribution >= 0.6 is 0 Å². The van der Waals surface area contributed by atoms with Gasteiger partial charge in [0.15, 0.2) is 0 Å². The van der Waals surface area contributed by atoms with Gasteiger partial charge in [-0.05, 0) is 38.4 Å². The number of rotatable bonds is 10. The molecule has 0 atom stereocenters. The van der Waals surface area contributed by atoms with Gasteiger partial charge in [0.25, 0.3) is 5.89 Å². The SMILES string of the molecule is CN(C)CCN(C)c1ccccc1N(C=O)Cc1ccc(-c2nnc(C(F)F)o2)cc1F. The molecule has 0 fully saturated rings. The number of para-hydroxylation sites is 2. The molecule has 0 N–H and O–H groups in total. The van der Waals surface area contributed by atoms with Crippen LogP contribution in [-0.4, -0.2) is 55.7 Å². The van der Waals surface area contributed by atoms with Crippen LogP contribution in [-0.2, 0) is 11.3 Å². The van der Waals surface area contributed by atoms with Crippen LogP contribution < -0.4 is 9.80 Å². The van der Waals surface area contributed by atoms with Crippen LogP contribution in [0.3, 0.4) is 0 Å². The highest BCUT2D eigenvalue weighted by atomic mass is 19.3. The number of alkyl halides is 2. The fourth-order valence-corrected chi connectivity index (χ4v) is 3.11. The van der Waals surface area contributed by atoms with Gasteiger partial charge in [-0.3, -0.25) is 4.79 Å². The molecule has 0 saturated heterocycles. The van der Waals surface area contributed by atoms with Crippen LogP contribution in [0, 0.1) is 5.82 Å². The van der Waals surface area contributed by atoms with Crippen molar-refractivity contribution in [3.63, 3.8) is 0 Å². The van der Waals surface area contributed by atoms with E-state index in [1.54, 1.807) is 6.07 Å². The average Bonchev–Trinajstić information content (AvgIpc) is 3.27. The second kappa shape index (κ2) is 10.3. The summed E-state index contributed by atoms with van der Waals surface area (Å²) < 4.78 is 44.9. The molecule has 0 aliphatic carbocycles. The minimum absolute atomic E-state index is 0.0136. The number of carbonyl (C=O) groups excluding carboxylic acids is 1. The van der Waals surface area contributed by atoms with Gasteiger partial charge < -0.3 is 19.1 Å². The Morgan fingerprint density at radius 3 is 2.34 bits per heavy atom. The molecule has 0 saturated carbocycles. The van der Waals surface area contributed by atoms with Crippen LogP contribution in [0.25, 0.3) is 11.5 Å². The molecule has 32 heavy (non-hydrogen) atoms. The van der Waals surface area contributed by atoms with Crippen molar-refractivity contribution in [3.8, 4) is 11.5 Å². The molecule has 1 heterocycles. The third kappa shape index (κ3) is 5.44. The van der Waals surface area contributed by atoms with E-state index in [0.29, 0.717) is 12.1 Å². The minimum atomic E-state index is -2.91. The van der Waals surface area contributed by atoms with E-state index in [1.807, 2.05) is 44.2 Å². The zero-order valence-electron chi connectivity index (χ0n) is 18.0. The predicted octanol–water partition coefficient (Wildman–Crippen LogP) is 3.97. The highest BCUT2D eigenvalue weighted by Gasteiger charge is 2.19. The zero-order chi connectivity index (χ0) is 23.3. The first-order chi connectivity index (χ1) is 15.3. The second-order valence-electron chi connectivity index (χ2n) is 7.50. The first-order valence-electron chi connectivity index (χ1n) is 9.87. The van der Waals surface area contributed by atoms with Crippen LogP contribution in [0.15, 0.2) is 46.9 Å². The maximum absolute atomic E-state index is 14.8. The molecular weight excluding hydrogens is 423 g/mol.